The molecular formula is C9H18N2O3. The molecule has 3 N–H and O–H groups in total. The van der Waals surface area contributed by atoms with E-state index in [9.17, 15) is 4.79 Å². The molecule has 0 aromatic carbocycles. The van der Waals surface area contributed by atoms with Gasteiger partial charge < -0.3 is 20.5 Å². The molecule has 1 fully saturated rings. The monoisotopic (exact) mass is 202 g/mol. The van der Waals surface area contributed by atoms with Crippen LogP contribution in [-0.2, 0) is 4.74 Å². The Kier molecular flexibility index (Phi) is 2.74. The van der Waals surface area contributed by atoms with Crippen LogP contribution in [0.15, 0.2) is 0 Å². The van der Waals surface area contributed by atoms with Gasteiger partial charge in [0.2, 0.25) is 0 Å². The second kappa shape index (κ2) is 3.40. The third-order valence-electron chi connectivity index (χ3n) is 2.29. The summed E-state index contributed by atoms with van der Waals surface area (Å²) in [6.45, 7) is 6.75. The van der Waals surface area contributed by atoms with Crippen molar-refractivity contribution in [2.24, 2.45) is 5.73 Å². The SMILES string of the molecule is CC(C)(C)N(CC1(N)COC1)C(=O)O. The molecule has 0 aromatic heterocycles. The number of hydrogen-bond donors (Lipinski definition) is 2. The zero-order chi connectivity index (χ0) is 11.0. The third kappa shape index (κ3) is 2.36. The summed E-state index contributed by atoms with van der Waals surface area (Å²) in [5, 5.41) is 9.02. The third-order valence-corrected chi connectivity index (χ3v) is 2.29. The second-order valence-electron chi connectivity index (χ2n) is 4.89. The van der Waals surface area contributed by atoms with Crippen LogP contribution < -0.4 is 5.73 Å². The molecule has 82 valence electrons. The maximum atomic E-state index is 11.0. The molecule has 0 aliphatic carbocycles. The zero-order valence-electron chi connectivity index (χ0n) is 8.91. The van der Waals surface area contributed by atoms with E-state index in [2.05, 4.69) is 0 Å². The van der Waals surface area contributed by atoms with Crippen LogP contribution in [0.1, 0.15) is 20.8 Å². The quantitative estimate of drug-likeness (QED) is 0.683. The summed E-state index contributed by atoms with van der Waals surface area (Å²) >= 11 is 0. The second-order valence-corrected chi connectivity index (χ2v) is 4.89. The summed E-state index contributed by atoms with van der Waals surface area (Å²) in [6, 6.07) is 0. The Balaban J connectivity index is 2.65. The molecule has 14 heavy (non-hydrogen) atoms. The average molecular weight is 202 g/mol. The molecule has 0 bridgehead atoms. The lowest BCUT2D eigenvalue weighted by Crippen LogP contribution is -2.66. The van der Waals surface area contributed by atoms with E-state index in [0.29, 0.717) is 19.8 Å². The molecule has 5 nitrogen and oxygen atoms in total. The molecule has 0 unspecified atom stereocenters. The van der Waals surface area contributed by atoms with Crippen LogP contribution in [-0.4, -0.2) is 46.9 Å². The van der Waals surface area contributed by atoms with Gasteiger partial charge in [-0.25, -0.2) is 4.79 Å². The Hall–Kier alpha value is -0.810. The van der Waals surface area contributed by atoms with Gasteiger partial charge in [-0.3, -0.25) is 0 Å². The van der Waals surface area contributed by atoms with E-state index in [1.54, 1.807) is 0 Å². The summed E-state index contributed by atoms with van der Waals surface area (Å²) in [7, 11) is 0. The summed E-state index contributed by atoms with van der Waals surface area (Å²) < 4.78 is 4.99. The van der Waals surface area contributed by atoms with Crippen molar-refractivity contribution >= 4 is 6.09 Å². The van der Waals surface area contributed by atoms with E-state index < -0.39 is 17.2 Å². The molecule has 1 aliphatic heterocycles. The highest BCUT2D eigenvalue weighted by Gasteiger charge is 2.40. The number of rotatable bonds is 2. The van der Waals surface area contributed by atoms with Crippen LogP contribution in [0.3, 0.4) is 0 Å². The first-order chi connectivity index (χ1) is 6.25. The van der Waals surface area contributed by atoms with Crippen LogP contribution in [0.4, 0.5) is 4.79 Å². The van der Waals surface area contributed by atoms with Gasteiger partial charge in [0.05, 0.1) is 18.8 Å². The number of amides is 1. The normalized spacial score (nSPS) is 20.0. The van der Waals surface area contributed by atoms with E-state index in [1.165, 1.54) is 4.90 Å². The van der Waals surface area contributed by atoms with Gasteiger partial charge in [0.25, 0.3) is 0 Å². The van der Waals surface area contributed by atoms with Crippen LogP contribution in [0.2, 0.25) is 0 Å². The van der Waals surface area contributed by atoms with E-state index in [4.69, 9.17) is 15.6 Å². The fraction of sp³-hybridized carbons (Fsp3) is 0.889. The first-order valence-electron chi connectivity index (χ1n) is 4.62. The standard InChI is InChI=1S/C9H18N2O3/c1-8(2,3)11(7(12)13)4-9(10)5-14-6-9/h4-6,10H2,1-3H3,(H,12,13). The van der Waals surface area contributed by atoms with Crippen molar-refractivity contribution in [1.82, 2.24) is 4.90 Å². The largest absolute Gasteiger partial charge is 0.465 e. The predicted octanol–water partition coefficient (Wildman–Crippen LogP) is 0.493. The van der Waals surface area contributed by atoms with E-state index in [1.807, 2.05) is 20.8 Å². The molecule has 1 amide bonds. The highest BCUT2D eigenvalue weighted by atomic mass is 16.5. The van der Waals surface area contributed by atoms with Gasteiger partial charge in [0.1, 0.15) is 0 Å². The Labute approximate surface area is 83.8 Å². The molecule has 0 spiro atoms. The molecule has 1 rings (SSSR count). The van der Waals surface area contributed by atoms with Gasteiger partial charge >= 0.3 is 6.09 Å². The predicted molar refractivity (Wildman–Crippen MR) is 52.2 cm³/mol. The Morgan fingerprint density at radius 1 is 1.57 bits per heavy atom. The number of carboxylic acid groups (broad SMARTS) is 1. The molecule has 0 radical (unpaired) electrons. The molecule has 0 aromatic rings. The number of ether oxygens (including phenoxy) is 1. The van der Waals surface area contributed by atoms with Crippen molar-refractivity contribution in [3.05, 3.63) is 0 Å². The Morgan fingerprint density at radius 2 is 2.07 bits per heavy atom. The van der Waals surface area contributed by atoms with E-state index in [0.717, 1.165) is 0 Å². The molecule has 0 saturated carbocycles. The van der Waals surface area contributed by atoms with E-state index in [-0.39, 0.29) is 0 Å². The zero-order valence-corrected chi connectivity index (χ0v) is 8.91. The first-order valence-corrected chi connectivity index (χ1v) is 4.62. The van der Waals surface area contributed by atoms with Gasteiger partial charge in [-0.15, -0.1) is 0 Å². The minimum Gasteiger partial charge on any atom is -0.465 e. The summed E-state index contributed by atoms with van der Waals surface area (Å²) in [5.74, 6) is 0. The minimum absolute atomic E-state index is 0.325. The molecule has 1 saturated heterocycles. The molecule has 0 atom stereocenters. The van der Waals surface area contributed by atoms with Gasteiger partial charge in [-0.2, -0.15) is 0 Å². The van der Waals surface area contributed by atoms with Crippen LogP contribution >= 0.6 is 0 Å². The minimum atomic E-state index is -0.936. The van der Waals surface area contributed by atoms with Crippen molar-refractivity contribution in [2.45, 2.75) is 31.8 Å². The van der Waals surface area contributed by atoms with Gasteiger partial charge in [0.15, 0.2) is 0 Å². The average Bonchev–Trinajstić information content (AvgIpc) is 1.93. The van der Waals surface area contributed by atoms with Crippen molar-refractivity contribution in [1.29, 1.82) is 0 Å². The van der Waals surface area contributed by atoms with Gasteiger partial charge in [-0.1, -0.05) is 0 Å². The lowest BCUT2D eigenvalue weighted by molar-refractivity contribution is -0.0728. The topological polar surface area (TPSA) is 75.8 Å². The van der Waals surface area contributed by atoms with Crippen molar-refractivity contribution in [3.8, 4) is 0 Å². The molecule has 5 heteroatoms. The Morgan fingerprint density at radius 3 is 2.29 bits per heavy atom. The maximum absolute atomic E-state index is 11.0. The summed E-state index contributed by atoms with van der Waals surface area (Å²) in [6.07, 6.45) is -0.936. The molecule has 1 aliphatic rings. The van der Waals surface area contributed by atoms with Crippen LogP contribution in [0.25, 0.3) is 0 Å². The fourth-order valence-corrected chi connectivity index (χ4v) is 1.36. The summed E-state index contributed by atoms with van der Waals surface area (Å²) in [4.78, 5) is 12.4. The molecular weight excluding hydrogens is 184 g/mol. The lowest BCUT2D eigenvalue weighted by atomic mass is 9.95. The van der Waals surface area contributed by atoms with Gasteiger partial charge in [-0.05, 0) is 20.8 Å². The number of hydrogen-bond acceptors (Lipinski definition) is 3. The maximum Gasteiger partial charge on any atom is 0.407 e. The molecule has 1 heterocycles. The van der Waals surface area contributed by atoms with E-state index >= 15 is 0 Å². The summed E-state index contributed by atoms with van der Waals surface area (Å²) in [5.41, 5.74) is 4.99. The van der Waals surface area contributed by atoms with Crippen molar-refractivity contribution in [2.75, 3.05) is 19.8 Å². The van der Waals surface area contributed by atoms with Crippen molar-refractivity contribution < 1.29 is 14.6 Å². The van der Waals surface area contributed by atoms with Crippen LogP contribution in [0, 0.1) is 0 Å². The lowest BCUT2D eigenvalue weighted by Gasteiger charge is -2.44. The van der Waals surface area contributed by atoms with Crippen molar-refractivity contribution in [3.63, 3.8) is 0 Å². The van der Waals surface area contributed by atoms with Crippen LogP contribution in [0.5, 0.6) is 0 Å². The number of carbonyl (C=O) groups is 1. The highest BCUT2D eigenvalue weighted by molar-refractivity contribution is 5.66. The highest BCUT2D eigenvalue weighted by Crippen LogP contribution is 2.21. The van der Waals surface area contributed by atoms with Gasteiger partial charge in [0, 0.05) is 12.1 Å². The number of nitrogens with zero attached hydrogens (tertiary/aromatic N) is 1. The Bertz CT molecular complexity index is 231. The first kappa shape index (κ1) is 11.3. The fourth-order valence-electron chi connectivity index (χ4n) is 1.36. The smallest absolute Gasteiger partial charge is 0.407 e. The number of nitrogens with two attached hydrogens (primary N) is 1.